The van der Waals surface area contributed by atoms with Gasteiger partial charge in [-0.2, -0.15) is 0 Å². The van der Waals surface area contributed by atoms with Crippen LogP contribution in [0.25, 0.3) is 0 Å². The van der Waals surface area contributed by atoms with Gasteiger partial charge in [0.15, 0.2) is 0 Å². The lowest BCUT2D eigenvalue weighted by Gasteiger charge is -2.17. The summed E-state index contributed by atoms with van der Waals surface area (Å²) >= 11 is 0. The van der Waals surface area contributed by atoms with Crippen molar-refractivity contribution in [2.45, 2.75) is 25.6 Å². The first-order valence-electron chi connectivity index (χ1n) is 5.57. The van der Waals surface area contributed by atoms with Crippen molar-refractivity contribution >= 4 is 0 Å². The second-order valence-corrected chi connectivity index (χ2v) is 4.29. The fourth-order valence-electron chi connectivity index (χ4n) is 2.14. The first-order chi connectivity index (χ1) is 7.69. The minimum absolute atomic E-state index is 0.230. The Morgan fingerprint density at radius 3 is 2.88 bits per heavy atom. The Labute approximate surface area is 94.7 Å². The molecule has 1 unspecified atom stereocenters. The van der Waals surface area contributed by atoms with Crippen molar-refractivity contribution in [1.82, 2.24) is 4.90 Å². The van der Waals surface area contributed by atoms with Gasteiger partial charge < -0.3 is 10.8 Å². The molecule has 1 aromatic carbocycles. The topological polar surface area (TPSA) is 49.5 Å². The number of aliphatic hydroxyl groups excluding tert-OH is 1. The number of hydrogen-bond donors (Lipinski definition) is 2. The first kappa shape index (κ1) is 11.5. The second-order valence-electron chi connectivity index (χ2n) is 4.29. The van der Waals surface area contributed by atoms with Crippen LogP contribution in [0.2, 0.25) is 0 Å². The Morgan fingerprint density at radius 2 is 2.25 bits per heavy atom. The van der Waals surface area contributed by atoms with Crippen LogP contribution in [0.1, 0.15) is 17.5 Å². The van der Waals surface area contributed by atoms with Crippen LogP contribution in [0.3, 0.4) is 0 Å². The third-order valence-corrected chi connectivity index (χ3v) is 3.03. The maximum absolute atomic E-state index is 13.1. The molecule has 0 amide bonds. The molecule has 0 radical (unpaired) electrons. The summed E-state index contributed by atoms with van der Waals surface area (Å²) in [5.41, 5.74) is 7.51. The van der Waals surface area contributed by atoms with E-state index in [1.54, 1.807) is 6.07 Å². The lowest BCUT2D eigenvalue weighted by Crippen LogP contribution is -2.22. The van der Waals surface area contributed by atoms with Crippen LogP contribution in [0.4, 0.5) is 4.39 Å². The highest BCUT2D eigenvalue weighted by molar-refractivity contribution is 5.27. The molecule has 1 aliphatic rings. The first-order valence-corrected chi connectivity index (χ1v) is 5.57. The summed E-state index contributed by atoms with van der Waals surface area (Å²) in [5.74, 6) is -0.230. The molecule has 0 bridgehead atoms. The van der Waals surface area contributed by atoms with Crippen molar-refractivity contribution in [1.29, 1.82) is 0 Å². The molecule has 1 aromatic rings. The number of halogens is 1. The van der Waals surface area contributed by atoms with E-state index < -0.39 is 0 Å². The molecule has 88 valence electrons. The van der Waals surface area contributed by atoms with Crippen LogP contribution in [0.15, 0.2) is 18.2 Å². The van der Waals surface area contributed by atoms with E-state index in [1.165, 1.54) is 12.1 Å². The number of hydrogen-bond acceptors (Lipinski definition) is 3. The molecule has 3 nitrogen and oxygen atoms in total. The van der Waals surface area contributed by atoms with Gasteiger partial charge in [0.1, 0.15) is 5.82 Å². The van der Waals surface area contributed by atoms with Gasteiger partial charge in [-0.15, -0.1) is 0 Å². The summed E-state index contributed by atoms with van der Waals surface area (Å²) in [7, 11) is 0. The van der Waals surface area contributed by atoms with Gasteiger partial charge in [0.25, 0.3) is 0 Å². The standard InChI is InChI=1S/C12H17FN2O/c13-11-2-1-9(6-14)10(5-11)7-15-4-3-12(16)8-15/h1-2,5,12,16H,3-4,6-8,14H2. The monoisotopic (exact) mass is 224 g/mol. The fourth-order valence-corrected chi connectivity index (χ4v) is 2.14. The molecule has 1 saturated heterocycles. The number of likely N-dealkylation sites (tertiary alicyclic amines) is 1. The number of nitrogens with two attached hydrogens (primary N) is 1. The lowest BCUT2D eigenvalue weighted by molar-refractivity contribution is 0.174. The fraction of sp³-hybridized carbons (Fsp3) is 0.500. The molecule has 1 atom stereocenters. The van der Waals surface area contributed by atoms with Crippen LogP contribution in [0.5, 0.6) is 0 Å². The van der Waals surface area contributed by atoms with Crippen LogP contribution in [-0.2, 0) is 13.1 Å². The Morgan fingerprint density at radius 1 is 1.44 bits per heavy atom. The summed E-state index contributed by atoms with van der Waals surface area (Å²) in [6.45, 7) is 2.62. The van der Waals surface area contributed by atoms with Crippen LogP contribution < -0.4 is 5.73 Å². The number of rotatable bonds is 3. The number of aliphatic hydroxyl groups is 1. The lowest BCUT2D eigenvalue weighted by atomic mass is 10.1. The number of nitrogens with zero attached hydrogens (tertiary/aromatic N) is 1. The van der Waals surface area contributed by atoms with Crippen molar-refractivity contribution in [2.24, 2.45) is 5.73 Å². The van der Waals surface area contributed by atoms with Gasteiger partial charge in [0.05, 0.1) is 6.10 Å². The normalized spacial score (nSPS) is 21.6. The molecule has 1 heterocycles. The highest BCUT2D eigenvalue weighted by Gasteiger charge is 2.20. The van der Waals surface area contributed by atoms with E-state index in [9.17, 15) is 9.50 Å². The molecule has 0 aliphatic carbocycles. The molecule has 0 spiro atoms. The highest BCUT2D eigenvalue weighted by atomic mass is 19.1. The maximum Gasteiger partial charge on any atom is 0.123 e. The van der Waals surface area contributed by atoms with E-state index in [1.807, 2.05) is 0 Å². The van der Waals surface area contributed by atoms with Gasteiger partial charge in [-0.1, -0.05) is 6.07 Å². The zero-order valence-electron chi connectivity index (χ0n) is 9.19. The van der Waals surface area contributed by atoms with Gasteiger partial charge >= 0.3 is 0 Å². The third kappa shape index (κ3) is 2.58. The second kappa shape index (κ2) is 4.91. The zero-order chi connectivity index (χ0) is 11.5. The Balaban J connectivity index is 2.10. The average Bonchev–Trinajstić information content (AvgIpc) is 2.64. The zero-order valence-corrected chi connectivity index (χ0v) is 9.19. The molecule has 4 heteroatoms. The van der Waals surface area contributed by atoms with Gasteiger partial charge in [-0.3, -0.25) is 4.90 Å². The summed E-state index contributed by atoms with van der Waals surface area (Å²) in [6, 6.07) is 4.70. The van der Waals surface area contributed by atoms with Gasteiger partial charge in [-0.05, 0) is 29.7 Å². The van der Waals surface area contributed by atoms with E-state index in [0.29, 0.717) is 19.6 Å². The predicted molar refractivity (Wildman–Crippen MR) is 60.2 cm³/mol. The van der Waals surface area contributed by atoms with E-state index >= 15 is 0 Å². The predicted octanol–water partition coefficient (Wildman–Crippen LogP) is 0.851. The van der Waals surface area contributed by atoms with Crippen LogP contribution >= 0.6 is 0 Å². The minimum Gasteiger partial charge on any atom is -0.392 e. The molecule has 0 aromatic heterocycles. The Hall–Kier alpha value is -0.970. The van der Waals surface area contributed by atoms with Crippen LogP contribution in [0, 0.1) is 5.82 Å². The van der Waals surface area contributed by atoms with Crippen molar-refractivity contribution in [2.75, 3.05) is 13.1 Å². The molecular formula is C12H17FN2O. The van der Waals surface area contributed by atoms with E-state index in [4.69, 9.17) is 5.73 Å². The highest BCUT2D eigenvalue weighted by Crippen LogP contribution is 2.17. The summed E-state index contributed by atoms with van der Waals surface area (Å²) < 4.78 is 13.1. The van der Waals surface area contributed by atoms with Crippen molar-refractivity contribution in [3.63, 3.8) is 0 Å². The summed E-state index contributed by atoms with van der Waals surface area (Å²) in [5, 5.41) is 9.42. The third-order valence-electron chi connectivity index (χ3n) is 3.03. The van der Waals surface area contributed by atoms with Gasteiger partial charge in [0.2, 0.25) is 0 Å². The molecule has 1 fully saturated rings. The number of benzene rings is 1. The molecular weight excluding hydrogens is 207 g/mol. The molecule has 2 rings (SSSR count). The van der Waals surface area contributed by atoms with Crippen molar-refractivity contribution in [3.8, 4) is 0 Å². The molecule has 3 N–H and O–H groups in total. The largest absolute Gasteiger partial charge is 0.392 e. The molecule has 16 heavy (non-hydrogen) atoms. The van der Waals surface area contributed by atoms with E-state index in [0.717, 1.165) is 24.1 Å². The van der Waals surface area contributed by atoms with Gasteiger partial charge in [-0.25, -0.2) is 4.39 Å². The quantitative estimate of drug-likeness (QED) is 0.800. The summed E-state index contributed by atoms with van der Waals surface area (Å²) in [6.07, 6.45) is 0.558. The SMILES string of the molecule is NCc1ccc(F)cc1CN1CCC(O)C1. The van der Waals surface area contributed by atoms with Crippen molar-refractivity contribution in [3.05, 3.63) is 35.1 Å². The summed E-state index contributed by atoms with van der Waals surface area (Å²) in [4.78, 5) is 2.12. The maximum atomic E-state index is 13.1. The minimum atomic E-state index is -0.241. The molecule has 0 saturated carbocycles. The van der Waals surface area contributed by atoms with E-state index in [2.05, 4.69) is 4.90 Å². The van der Waals surface area contributed by atoms with E-state index in [-0.39, 0.29) is 11.9 Å². The molecule has 1 aliphatic heterocycles. The van der Waals surface area contributed by atoms with Gasteiger partial charge in [0, 0.05) is 26.2 Å². The average molecular weight is 224 g/mol. The van der Waals surface area contributed by atoms with Crippen LogP contribution in [-0.4, -0.2) is 29.2 Å². The smallest absolute Gasteiger partial charge is 0.123 e. The Bertz CT molecular complexity index is 370. The number of β-amino-alcohol motifs (C(OH)–C–C–N with tert-alkyl or cyclic N) is 1. The van der Waals surface area contributed by atoms with Crippen molar-refractivity contribution < 1.29 is 9.50 Å². The Kier molecular flexibility index (Phi) is 3.53.